The molecule has 1 amide bonds. The van der Waals surface area contributed by atoms with Crippen molar-refractivity contribution in [2.45, 2.75) is 0 Å². The fourth-order valence-corrected chi connectivity index (χ4v) is 1.94. The lowest BCUT2D eigenvalue weighted by molar-refractivity contribution is 0.101. The van der Waals surface area contributed by atoms with Crippen LogP contribution in [0.4, 0.5) is 18.9 Å². The highest BCUT2D eigenvalue weighted by molar-refractivity contribution is 9.10. The third-order valence-electron chi connectivity index (χ3n) is 2.37. The maximum absolute atomic E-state index is 13.4. The second kappa shape index (κ2) is 5.44. The summed E-state index contributed by atoms with van der Waals surface area (Å²) < 4.78 is 39.9. The second-order valence-corrected chi connectivity index (χ2v) is 4.53. The van der Waals surface area contributed by atoms with Gasteiger partial charge in [0, 0.05) is 4.47 Å². The number of amides is 1. The minimum Gasteiger partial charge on any atom is -0.321 e. The lowest BCUT2D eigenvalue weighted by atomic mass is 10.2. The van der Waals surface area contributed by atoms with Crippen molar-refractivity contribution in [3.8, 4) is 0 Å². The first-order valence-electron chi connectivity index (χ1n) is 5.19. The summed E-state index contributed by atoms with van der Waals surface area (Å²) in [4.78, 5) is 11.8. The van der Waals surface area contributed by atoms with E-state index in [-0.39, 0.29) is 10.2 Å². The lowest BCUT2D eigenvalue weighted by Gasteiger charge is -2.08. The molecule has 0 fully saturated rings. The van der Waals surface area contributed by atoms with Gasteiger partial charge in [-0.25, -0.2) is 13.2 Å². The first kappa shape index (κ1) is 13.6. The Labute approximate surface area is 115 Å². The van der Waals surface area contributed by atoms with Crippen LogP contribution in [0.3, 0.4) is 0 Å². The molecule has 2 aromatic carbocycles. The van der Waals surface area contributed by atoms with Crippen molar-refractivity contribution in [2.24, 2.45) is 0 Å². The SMILES string of the molecule is O=C(Nc1ccc(F)cc1Br)c1c(F)cccc1F. The van der Waals surface area contributed by atoms with E-state index < -0.39 is 28.9 Å². The van der Waals surface area contributed by atoms with Gasteiger partial charge < -0.3 is 5.32 Å². The predicted octanol–water partition coefficient (Wildman–Crippen LogP) is 4.12. The van der Waals surface area contributed by atoms with Gasteiger partial charge in [0.05, 0.1) is 5.69 Å². The molecular formula is C13H7BrF3NO. The molecule has 0 aliphatic rings. The van der Waals surface area contributed by atoms with Crippen LogP contribution in [-0.2, 0) is 0 Å². The minimum atomic E-state index is -0.962. The largest absolute Gasteiger partial charge is 0.321 e. The number of rotatable bonds is 2. The summed E-state index contributed by atoms with van der Waals surface area (Å²) in [6.07, 6.45) is 0. The van der Waals surface area contributed by atoms with Crippen LogP contribution in [0.25, 0.3) is 0 Å². The zero-order valence-electron chi connectivity index (χ0n) is 9.38. The van der Waals surface area contributed by atoms with Gasteiger partial charge in [-0.05, 0) is 46.3 Å². The topological polar surface area (TPSA) is 29.1 Å². The van der Waals surface area contributed by atoms with E-state index in [0.29, 0.717) is 0 Å². The van der Waals surface area contributed by atoms with Crippen LogP contribution in [0, 0.1) is 17.5 Å². The number of nitrogens with one attached hydrogen (secondary N) is 1. The Morgan fingerprint density at radius 2 is 1.68 bits per heavy atom. The molecule has 0 heterocycles. The Morgan fingerprint density at radius 1 is 1.05 bits per heavy atom. The van der Waals surface area contributed by atoms with Crippen molar-refractivity contribution in [1.82, 2.24) is 0 Å². The molecule has 0 aromatic heterocycles. The Bertz CT molecular complexity index is 626. The monoisotopic (exact) mass is 329 g/mol. The van der Waals surface area contributed by atoms with Crippen molar-refractivity contribution < 1.29 is 18.0 Å². The van der Waals surface area contributed by atoms with Crippen LogP contribution in [0.1, 0.15) is 10.4 Å². The van der Waals surface area contributed by atoms with Crippen LogP contribution in [-0.4, -0.2) is 5.91 Å². The molecule has 2 rings (SSSR count). The third kappa shape index (κ3) is 2.96. The van der Waals surface area contributed by atoms with Crippen molar-refractivity contribution >= 4 is 27.5 Å². The molecule has 0 bridgehead atoms. The van der Waals surface area contributed by atoms with Gasteiger partial charge in [-0.15, -0.1) is 0 Å². The molecule has 0 aliphatic carbocycles. The highest BCUT2D eigenvalue weighted by Gasteiger charge is 2.17. The molecule has 19 heavy (non-hydrogen) atoms. The summed E-state index contributed by atoms with van der Waals surface area (Å²) in [5.41, 5.74) is -0.465. The fraction of sp³-hybridized carbons (Fsp3) is 0. The zero-order chi connectivity index (χ0) is 14.0. The maximum atomic E-state index is 13.4. The summed E-state index contributed by atoms with van der Waals surface area (Å²) in [7, 11) is 0. The Morgan fingerprint density at radius 3 is 2.26 bits per heavy atom. The highest BCUT2D eigenvalue weighted by Crippen LogP contribution is 2.24. The van der Waals surface area contributed by atoms with E-state index in [0.717, 1.165) is 30.3 Å². The second-order valence-electron chi connectivity index (χ2n) is 3.67. The summed E-state index contributed by atoms with van der Waals surface area (Å²) >= 11 is 3.04. The Kier molecular flexibility index (Phi) is 3.90. The van der Waals surface area contributed by atoms with Crippen LogP contribution in [0.2, 0.25) is 0 Å². The predicted molar refractivity (Wildman–Crippen MR) is 68.4 cm³/mol. The molecule has 0 atom stereocenters. The summed E-state index contributed by atoms with van der Waals surface area (Å²) in [5, 5.41) is 2.30. The number of anilines is 1. The Hall–Kier alpha value is -1.82. The van der Waals surface area contributed by atoms with E-state index in [9.17, 15) is 18.0 Å². The van der Waals surface area contributed by atoms with Crippen molar-refractivity contribution in [3.05, 3.63) is 63.9 Å². The number of benzene rings is 2. The van der Waals surface area contributed by atoms with E-state index in [1.54, 1.807) is 0 Å². The first-order chi connectivity index (χ1) is 8.99. The number of carbonyl (C=O) groups excluding carboxylic acids is 1. The molecule has 0 saturated heterocycles. The third-order valence-corrected chi connectivity index (χ3v) is 3.03. The van der Waals surface area contributed by atoms with E-state index in [1.165, 1.54) is 6.07 Å². The molecular weight excluding hydrogens is 323 g/mol. The van der Waals surface area contributed by atoms with Gasteiger partial charge in [0.25, 0.3) is 5.91 Å². The standard InChI is InChI=1S/C13H7BrF3NO/c14-8-6-7(15)4-5-11(8)18-13(19)12-9(16)2-1-3-10(12)17/h1-6H,(H,18,19). The van der Waals surface area contributed by atoms with E-state index in [2.05, 4.69) is 21.2 Å². The highest BCUT2D eigenvalue weighted by atomic mass is 79.9. The molecule has 6 heteroatoms. The van der Waals surface area contributed by atoms with Gasteiger partial charge in [-0.1, -0.05) is 6.07 Å². The van der Waals surface area contributed by atoms with Gasteiger partial charge >= 0.3 is 0 Å². The first-order valence-corrected chi connectivity index (χ1v) is 5.99. The Balaban J connectivity index is 2.31. The zero-order valence-corrected chi connectivity index (χ0v) is 11.0. The van der Waals surface area contributed by atoms with Crippen molar-refractivity contribution in [3.63, 3.8) is 0 Å². The average molecular weight is 330 g/mol. The van der Waals surface area contributed by atoms with Gasteiger partial charge in [0.15, 0.2) is 0 Å². The van der Waals surface area contributed by atoms with Crippen LogP contribution < -0.4 is 5.32 Å². The van der Waals surface area contributed by atoms with Crippen molar-refractivity contribution in [1.29, 1.82) is 0 Å². The van der Waals surface area contributed by atoms with E-state index in [4.69, 9.17) is 0 Å². The maximum Gasteiger partial charge on any atom is 0.261 e. The molecule has 0 saturated carbocycles. The molecule has 2 nitrogen and oxygen atoms in total. The normalized spacial score (nSPS) is 10.3. The average Bonchev–Trinajstić information content (AvgIpc) is 2.32. The van der Waals surface area contributed by atoms with Crippen LogP contribution in [0.5, 0.6) is 0 Å². The van der Waals surface area contributed by atoms with E-state index in [1.807, 2.05) is 0 Å². The minimum absolute atomic E-state index is 0.217. The molecule has 1 N–H and O–H groups in total. The number of halogens is 4. The molecule has 0 spiro atoms. The fourth-order valence-electron chi connectivity index (χ4n) is 1.49. The van der Waals surface area contributed by atoms with Crippen LogP contribution in [0.15, 0.2) is 40.9 Å². The van der Waals surface area contributed by atoms with Crippen LogP contribution >= 0.6 is 15.9 Å². The van der Waals surface area contributed by atoms with Gasteiger partial charge in [-0.2, -0.15) is 0 Å². The lowest BCUT2D eigenvalue weighted by Crippen LogP contribution is -2.16. The van der Waals surface area contributed by atoms with Gasteiger partial charge in [-0.3, -0.25) is 4.79 Å². The quantitative estimate of drug-likeness (QED) is 0.882. The van der Waals surface area contributed by atoms with Gasteiger partial charge in [0.2, 0.25) is 0 Å². The van der Waals surface area contributed by atoms with E-state index >= 15 is 0 Å². The van der Waals surface area contributed by atoms with Crippen molar-refractivity contribution in [2.75, 3.05) is 5.32 Å². The number of hydrogen-bond donors (Lipinski definition) is 1. The summed E-state index contributed by atoms with van der Waals surface area (Å²) in [6.45, 7) is 0. The molecule has 98 valence electrons. The number of hydrogen-bond acceptors (Lipinski definition) is 1. The number of carbonyl (C=O) groups is 1. The molecule has 0 radical (unpaired) electrons. The molecule has 0 aliphatic heterocycles. The smallest absolute Gasteiger partial charge is 0.261 e. The molecule has 0 unspecified atom stereocenters. The molecule has 2 aromatic rings. The van der Waals surface area contributed by atoms with Gasteiger partial charge in [0.1, 0.15) is 23.0 Å². The summed E-state index contributed by atoms with van der Waals surface area (Å²) in [6, 6.07) is 6.67. The summed E-state index contributed by atoms with van der Waals surface area (Å²) in [5.74, 6) is -3.36.